The molecule has 0 unspecified atom stereocenters. The number of carbonyl (C=O) groups is 1. The number of likely N-dealkylation sites (N-methyl/N-ethyl adjacent to an activating group) is 1. The Labute approximate surface area is 189 Å². The fraction of sp³-hybridized carbons (Fsp3) is 0.296. The summed E-state index contributed by atoms with van der Waals surface area (Å²) in [5.74, 6) is 1.47. The molecule has 3 aromatic carbocycles. The van der Waals surface area contributed by atoms with E-state index in [9.17, 15) is 4.79 Å². The number of amides is 1. The maximum absolute atomic E-state index is 12.9. The van der Waals surface area contributed by atoms with Crippen LogP contribution in [0.3, 0.4) is 0 Å². The summed E-state index contributed by atoms with van der Waals surface area (Å²) in [6.07, 6.45) is 2.18. The van der Waals surface area contributed by atoms with E-state index in [0.29, 0.717) is 18.7 Å². The molecule has 3 aromatic rings. The normalized spacial score (nSPS) is 15.6. The first-order valence-electron chi connectivity index (χ1n) is 11.1. The van der Waals surface area contributed by atoms with Gasteiger partial charge in [-0.3, -0.25) is 9.69 Å². The molecule has 1 N–H and O–H groups in total. The Morgan fingerprint density at radius 2 is 1.59 bits per heavy atom. The van der Waals surface area contributed by atoms with E-state index in [0.717, 1.165) is 30.7 Å². The summed E-state index contributed by atoms with van der Waals surface area (Å²) in [6, 6.07) is 24.8. The van der Waals surface area contributed by atoms with Crippen molar-refractivity contribution in [2.45, 2.75) is 31.3 Å². The van der Waals surface area contributed by atoms with Crippen molar-refractivity contribution >= 4 is 5.91 Å². The van der Waals surface area contributed by atoms with Crippen LogP contribution in [0.5, 0.6) is 11.5 Å². The summed E-state index contributed by atoms with van der Waals surface area (Å²) in [5.41, 5.74) is 4.80. The molecule has 32 heavy (non-hydrogen) atoms. The van der Waals surface area contributed by atoms with Crippen molar-refractivity contribution in [3.8, 4) is 11.5 Å². The van der Waals surface area contributed by atoms with E-state index >= 15 is 0 Å². The summed E-state index contributed by atoms with van der Waals surface area (Å²) < 4.78 is 10.8. The number of carbonyl (C=O) groups excluding carboxylic acids is 1. The largest absolute Gasteiger partial charge is 0.454 e. The number of ether oxygens (including phenoxy) is 2. The molecule has 164 valence electrons. The summed E-state index contributed by atoms with van der Waals surface area (Å²) in [5, 5.41) is 3.23. The second-order valence-corrected chi connectivity index (χ2v) is 8.83. The van der Waals surface area contributed by atoms with Gasteiger partial charge in [0.1, 0.15) is 0 Å². The van der Waals surface area contributed by atoms with E-state index in [2.05, 4.69) is 65.8 Å². The Kier molecular flexibility index (Phi) is 5.58. The van der Waals surface area contributed by atoms with Gasteiger partial charge < -0.3 is 14.8 Å². The number of hydrogen-bond donors (Lipinski definition) is 1. The number of nitrogens with one attached hydrogen (secondary N) is 1. The van der Waals surface area contributed by atoms with Crippen LogP contribution in [0.15, 0.2) is 72.8 Å². The van der Waals surface area contributed by atoms with Gasteiger partial charge in [0, 0.05) is 18.6 Å². The summed E-state index contributed by atoms with van der Waals surface area (Å²) >= 11 is 0. The molecule has 1 aliphatic heterocycles. The third-order valence-electron chi connectivity index (χ3n) is 6.65. The smallest absolute Gasteiger partial charge is 0.231 e. The Morgan fingerprint density at radius 1 is 0.906 bits per heavy atom. The van der Waals surface area contributed by atoms with Crippen LogP contribution in [0, 0.1) is 0 Å². The van der Waals surface area contributed by atoms with Crippen molar-refractivity contribution < 1.29 is 14.3 Å². The molecular formula is C27H28N2O3. The number of fused-ring (bicyclic) bond motifs is 2. The predicted molar refractivity (Wildman–Crippen MR) is 124 cm³/mol. The molecule has 0 fully saturated rings. The van der Waals surface area contributed by atoms with Gasteiger partial charge in [-0.25, -0.2) is 0 Å². The fourth-order valence-corrected chi connectivity index (χ4v) is 4.79. The Balaban J connectivity index is 1.29. The van der Waals surface area contributed by atoms with Crippen molar-refractivity contribution in [1.29, 1.82) is 0 Å². The van der Waals surface area contributed by atoms with Crippen molar-refractivity contribution in [2.75, 3.05) is 20.4 Å². The minimum atomic E-state index is -0.149. The van der Waals surface area contributed by atoms with Gasteiger partial charge in [0.2, 0.25) is 12.7 Å². The number of benzene rings is 3. The Bertz CT molecular complexity index is 1090. The molecule has 5 rings (SSSR count). The molecule has 0 saturated carbocycles. The van der Waals surface area contributed by atoms with Crippen LogP contribution in [0.4, 0.5) is 0 Å². The first-order valence-corrected chi connectivity index (χ1v) is 11.1. The van der Waals surface area contributed by atoms with Crippen molar-refractivity contribution in [3.05, 3.63) is 95.1 Å². The van der Waals surface area contributed by atoms with Gasteiger partial charge in [-0.15, -0.1) is 0 Å². The number of rotatable bonds is 7. The summed E-state index contributed by atoms with van der Waals surface area (Å²) in [7, 11) is 2.17. The van der Waals surface area contributed by atoms with Gasteiger partial charge in [-0.2, -0.15) is 0 Å². The molecule has 0 aromatic heterocycles. The van der Waals surface area contributed by atoms with Crippen LogP contribution in [-0.4, -0.2) is 36.7 Å². The lowest BCUT2D eigenvalue weighted by atomic mass is 9.92. The predicted octanol–water partition coefficient (Wildman–Crippen LogP) is 3.74. The molecule has 0 spiro atoms. The van der Waals surface area contributed by atoms with E-state index < -0.39 is 0 Å². The van der Waals surface area contributed by atoms with E-state index in [1.165, 1.54) is 16.7 Å². The fourth-order valence-electron chi connectivity index (χ4n) is 4.79. The van der Waals surface area contributed by atoms with E-state index in [-0.39, 0.29) is 18.2 Å². The van der Waals surface area contributed by atoms with E-state index in [1.54, 1.807) is 0 Å². The van der Waals surface area contributed by atoms with Gasteiger partial charge in [-0.05, 0) is 54.3 Å². The molecular weight excluding hydrogens is 400 g/mol. The second kappa shape index (κ2) is 8.67. The maximum Gasteiger partial charge on any atom is 0.231 e. The lowest BCUT2D eigenvalue weighted by Crippen LogP contribution is -2.55. The molecule has 2 aliphatic rings. The SMILES string of the molecule is CN(Cc1ccccc1)C1(CNC(=O)Cc2ccc3c(c2)OCO3)Cc2ccccc2C1. The molecule has 5 heteroatoms. The van der Waals surface area contributed by atoms with Crippen molar-refractivity contribution in [2.24, 2.45) is 0 Å². The molecule has 0 radical (unpaired) electrons. The topological polar surface area (TPSA) is 50.8 Å². The summed E-state index contributed by atoms with van der Waals surface area (Å²) in [6.45, 7) is 1.68. The molecule has 0 saturated heterocycles. The monoisotopic (exact) mass is 428 g/mol. The van der Waals surface area contributed by atoms with Gasteiger partial charge in [-0.1, -0.05) is 60.7 Å². The van der Waals surface area contributed by atoms with E-state index in [1.807, 2.05) is 24.3 Å². The molecule has 5 nitrogen and oxygen atoms in total. The van der Waals surface area contributed by atoms with E-state index in [4.69, 9.17) is 9.47 Å². The zero-order valence-electron chi connectivity index (χ0n) is 18.3. The highest BCUT2D eigenvalue weighted by molar-refractivity contribution is 5.79. The summed E-state index contributed by atoms with van der Waals surface area (Å²) in [4.78, 5) is 15.3. The lowest BCUT2D eigenvalue weighted by Gasteiger charge is -2.39. The first-order chi connectivity index (χ1) is 15.6. The van der Waals surface area contributed by atoms with Gasteiger partial charge in [0.15, 0.2) is 11.5 Å². The highest BCUT2D eigenvalue weighted by Gasteiger charge is 2.40. The average molecular weight is 429 g/mol. The lowest BCUT2D eigenvalue weighted by molar-refractivity contribution is -0.121. The van der Waals surface area contributed by atoms with Crippen LogP contribution >= 0.6 is 0 Å². The molecule has 1 aliphatic carbocycles. The second-order valence-electron chi connectivity index (χ2n) is 8.83. The number of hydrogen-bond acceptors (Lipinski definition) is 4. The molecule has 0 atom stereocenters. The minimum Gasteiger partial charge on any atom is -0.454 e. The van der Waals surface area contributed by atoms with Gasteiger partial charge in [0.05, 0.1) is 6.42 Å². The third-order valence-corrected chi connectivity index (χ3v) is 6.65. The molecule has 1 amide bonds. The Hall–Kier alpha value is -3.31. The van der Waals surface area contributed by atoms with Crippen LogP contribution < -0.4 is 14.8 Å². The first kappa shape index (κ1) is 20.6. The Morgan fingerprint density at radius 3 is 2.34 bits per heavy atom. The zero-order chi connectivity index (χ0) is 22.0. The zero-order valence-corrected chi connectivity index (χ0v) is 18.3. The maximum atomic E-state index is 12.9. The minimum absolute atomic E-state index is 0.0207. The quantitative estimate of drug-likeness (QED) is 0.623. The van der Waals surface area contributed by atoms with Gasteiger partial charge >= 0.3 is 0 Å². The van der Waals surface area contributed by atoms with Crippen molar-refractivity contribution in [1.82, 2.24) is 10.2 Å². The van der Waals surface area contributed by atoms with Crippen LogP contribution in [-0.2, 0) is 30.6 Å². The van der Waals surface area contributed by atoms with Crippen LogP contribution in [0.25, 0.3) is 0 Å². The molecule has 0 bridgehead atoms. The van der Waals surface area contributed by atoms with Crippen molar-refractivity contribution in [3.63, 3.8) is 0 Å². The standard InChI is InChI=1S/C27H28N2O3/c1-29(17-20-7-3-2-4-8-20)27(15-22-9-5-6-10-23(22)16-27)18-28-26(30)14-21-11-12-24-25(13-21)32-19-31-24/h2-13H,14-19H2,1H3,(H,28,30). The van der Waals surface area contributed by atoms with Crippen LogP contribution in [0.1, 0.15) is 22.3 Å². The highest BCUT2D eigenvalue weighted by atomic mass is 16.7. The molecule has 1 heterocycles. The van der Waals surface area contributed by atoms with Crippen LogP contribution in [0.2, 0.25) is 0 Å². The highest BCUT2D eigenvalue weighted by Crippen LogP contribution is 2.35. The average Bonchev–Trinajstić information content (AvgIpc) is 3.43. The van der Waals surface area contributed by atoms with Gasteiger partial charge in [0.25, 0.3) is 0 Å². The third kappa shape index (κ3) is 4.21. The number of nitrogens with zero attached hydrogens (tertiary/aromatic N) is 1.